The molecule has 0 aliphatic carbocycles. The van der Waals surface area contributed by atoms with Crippen LogP contribution in [0, 0.1) is 10.1 Å². The summed E-state index contributed by atoms with van der Waals surface area (Å²) in [5, 5.41) is 17.7. The van der Waals surface area contributed by atoms with Crippen LogP contribution in [-0.2, 0) is 0 Å². The van der Waals surface area contributed by atoms with E-state index >= 15 is 0 Å². The zero-order chi connectivity index (χ0) is 28.6. The van der Waals surface area contributed by atoms with Crippen molar-refractivity contribution in [3.8, 4) is 0 Å². The van der Waals surface area contributed by atoms with Crippen LogP contribution in [0.2, 0.25) is 0 Å². The van der Waals surface area contributed by atoms with Crippen molar-refractivity contribution in [3.05, 3.63) is 183 Å². The molecular formula is C34H27N3O4. The van der Waals surface area contributed by atoms with Crippen molar-refractivity contribution < 1.29 is 14.5 Å². The number of nitro groups is 1. The molecule has 41 heavy (non-hydrogen) atoms. The van der Waals surface area contributed by atoms with Crippen LogP contribution >= 0.6 is 0 Å². The number of nitrogens with zero attached hydrogens (tertiary/aromatic N) is 1. The maximum atomic E-state index is 13.8. The summed E-state index contributed by atoms with van der Waals surface area (Å²) in [4.78, 5) is 38.6. The fourth-order valence-electron chi connectivity index (χ4n) is 4.75. The Morgan fingerprint density at radius 3 is 1.20 bits per heavy atom. The molecule has 0 unspecified atom stereocenters. The van der Waals surface area contributed by atoms with Crippen molar-refractivity contribution in [1.82, 2.24) is 10.6 Å². The minimum atomic E-state index is -0.604. The minimum absolute atomic E-state index is 0.0323. The fraction of sp³-hybridized carbons (Fsp3) is 0.0588. The lowest BCUT2D eigenvalue weighted by atomic mass is 9.96. The van der Waals surface area contributed by atoms with Crippen molar-refractivity contribution >= 4 is 17.5 Å². The van der Waals surface area contributed by atoms with E-state index in [0.29, 0.717) is 0 Å². The fourth-order valence-corrected chi connectivity index (χ4v) is 4.75. The highest BCUT2D eigenvalue weighted by Crippen LogP contribution is 2.26. The monoisotopic (exact) mass is 541 g/mol. The number of amides is 2. The Bertz CT molecular complexity index is 1560. The molecule has 0 atom stereocenters. The van der Waals surface area contributed by atoms with Gasteiger partial charge in [-0.1, -0.05) is 121 Å². The third kappa shape index (κ3) is 6.37. The normalized spacial score (nSPS) is 10.8. The standard InChI is InChI=1S/C34H27N3O4/c38-33(35-31(24-13-5-1-6-14-24)25-15-7-2-8-16-25)29-22-21-28(37(40)41)23-30(29)34(39)36-32(26-17-9-3-10-18-26)27-19-11-4-12-20-27/h1-23,31-32H,(H,35,38)(H,36,39). The van der Waals surface area contributed by atoms with E-state index in [-0.39, 0.29) is 16.8 Å². The zero-order valence-electron chi connectivity index (χ0n) is 22.0. The van der Waals surface area contributed by atoms with Crippen molar-refractivity contribution in [2.45, 2.75) is 12.1 Å². The smallest absolute Gasteiger partial charge is 0.270 e. The molecule has 0 aliphatic heterocycles. The van der Waals surface area contributed by atoms with E-state index in [1.165, 1.54) is 12.1 Å². The van der Waals surface area contributed by atoms with Gasteiger partial charge in [0.25, 0.3) is 17.5 Å². The van der Waals surface area contributed by atoms with E-state index in [4.69, 9.17) is 0 Å². The molecule has 5 aromatic rings. The second-order valence-electron chi connectivity index (χ2n) is 9.44. The largest absolute Gasteiger partial charge is 0.341 e. The van der Waals surface area contributed by atoms with Crippen LogP contribution in [0.25, 0.3) is 0 Å². The summed E-state index contributed by atoms with van der Waals surface area (Å²) in [6.45, 7) is 0. The number of hydrogen-bond donors (Lipinski definition) is 2. The average molecular weight is 542 g/mol. The Balaban J connectivity index is 1.52. The van der Waals surface area contributed by atoms with Crippen LogP contribution in [0.1, 0.15) is 55.1 Å². The van der Waals surface area contributed by atoms with Gasteiger partial charge >= 0.3 is 0 Å². The Morgan fingerprint density at radius 1 is 0.512 bits per heavy atom. The van der Waals surface area contributed by atoms with Crippen LogP contribution in [0.4, 0.5) is 5.69 Å². The molecule has 7 nitrogen and oxygen atoms in total. The van der Waals surface area contributed by atoms with E-state index in [1.54, 1.807) is 0 Å². The molecule has 0 spiro atoms. The van der Waals surface area contributed by atoms with Gasteiger partial charge < -0.3 is 10.6 Å². The van der Waals surface area contributed by atoms with E-state index in [0.717, 1.165) is 28.3 Å². The van der Waals surface area contributed by atoms with Gasteiger partial charge in [0.05, 0.1) is 28.1 Å². The van der Waals surface area contributed by atoms with Crippen molar-refractivity contribution in [3.63, 3.8) is 0 Å². The van der Waals surface area contributed by atoms with Crippen molar-refractivity contribution in [2.24, 2.45) is 0 Å². The number of hydrogen-bond acceptors (Lipinski definition) is 4. The first-order chi connectivity index (χ1) is 20.0. The molecule has 0 saturated heterocycles. The van der Waals surface area contributed by atoms with Gasteiger partial charge in [-0.25, -0.2) is 0 Å². The third-order valence-electron chi connectivity index (χ3n) is 6.79. The Labute approximate surface area is 237 Å². The molecular weight excluding hydrogens is 514 g/mol. The third-order valence-corrected chi connectivity index (χ3v) is 6.79. The predicted octanol–water partition coefficient (Wildman–Crippen LogP) is 6.63. The van der Waals surface area contributed by atoms with Crippen LogP contribution < -0.4 is 10.6 Å². The highest BCUT2D eigenvalue weighted by molar-refractivity contribution is 6.08. The van der Waals surface area contributed by atoms with Gasteiger partial charge in [-0.15, -0.1) is 0 Å². The number of nitrogens with one attached hydrogen (secondary N) is 2. The number of non-ortho nitro benzene ring substituents is 1. The first-order valence-electron chi connectivity index (χ1n) is 13.1. The summed E-state index contributed by atoms with van der Waals surface area (Å²) >= 11 is 0. The summed E-state index contributed by atoms with van der Waals surface area (Å²) in [5.41, 5.74) is 3.03. The molecule has 2 N–H and O–H groups in total. The molecule has 0 aromatic heterocycles. The highest BCUT2D eigenvalue weighted by Gasteiger charge is 2.26. The molecule has 2 amide bonds. The number of rotatable bonds is 9. The molecule has 202 valence electrons. The molecule has 7 heteroatoms. The number of carbonyl (C=O) groups is 2. The van der Waals surface area contributed by atoms with Gasteiger partial charge in [-0.3, -0.25) is 19.7 Å². The van der Waals surface area contributed by atoms with E-state index in [9.17, 15) is 19.7 Å². The summed E-state index contributed by atoms with van der Waals surface area (Å²) < 4.78 is 0. The van der Waals surface area contributed by atoms with E-state index < -0.39 is 28.8 Å². The Hall–Kier alpha value is -5.56. The quantitative estimate of drug-likeness (QED) is 0.161. The van der Waals surface area contributed by atoms with Gasteiger partial charge in [0, 0.05) is 12.1 Å². The predicted molar refractivity (Wildman–Crippen MR) is 157 cm³/mol. The lowest BCUT2D eigenvalue weighted by Crippen LogP contribution is -2.34. The topological polar surface area (TPSA) is 101 Å². The maximum absolute atomic E-state index is 13.8. The van der Waals surface area contributed by atoms with Crippen LogP contribution in [0.3, 0.4) is 0 Å². The van der Waals surface area contributed by atoms with E-state index in [2.05, 4.69) is 10.6 Å². The molecule has 0 saturated carbocycles. The summed E-state index contributed by atoms with van der Waals surface area (Å²) in [7, 11) is 0. The lowest BCUT2D eigenvalue weighted by molar-refractivity contribution is -0.384. The molecule has 0 heterocycles. The summed E-state index contributed by atoms with van der Waals surface area (Å²) in [6, 6.07) is 40.4. The Morgan fingerprint density at radius 2 is 0.854 bits per heavy atom. The Kier molecular flexibility index (Phi) is 8.26. The van der Waals surface area contributed by atoms with Gasteiger partial charge in [0.1, 0.15) is 0 Å². The van der Waals surface area contributed by atoms with Gasteiger partial charge in [0.15, 0.2) is 0 Å². The first-order valence-corrected chi connectivity index (χ1v) is 13.1. The van der Waals surface area contributed by atoms with E-state index in [1.807, 2.05) is 121 Å². The summed E-state index contributed by atoms with van der Waals surface area (Å²) in [6.07, 6.45) is 0. The molecule has 0 fully saturated rings. The molecule has 5 rings (SSSR count). The SMILES string of the molecule is O=C(NC(c1ccccc1)c1ccccc1)c1ccc([N+](=O)[O-])cc1C(=O)NC(c1ccccc1)c1ccccc1. The summed E-state index contributed by atoms with van der Waals surface area (Å²) in [5.74, 6) is -1.13. The number of nitro benzene ring substituents is 1. The second kappa shape index (κ2) is 12.5. The number of carbonyl (C=O) groups excluding carboxylic acids is 2. The molecule has 0 radical (unpaired) electrons. The highest BCUT2D eigenvalue weighted by atomic mass is 16.6. The maximum Gasteiger partial charge on any atom is 0.270 e. The molecule has 0 bridgehead atoms. The van der Waals surface area contributed by atoms with Gasteiger partial charge in [0.2, 0.25) is 0 Å². The van der Waals surface area contributed by atoms with Gasteiger partial charge in [-0.05, 0) is 28.3 Å². The van der Waals surface area contributed by atoms with Crippen LogP contribution in [-0.4, -0.2) is 16.7 Å². The second-order valence-corrected chi connectivity index (χ2v) is 9.44. The lowest BCUT2D eigenvalue weighted by Gasteiger charge is -2.22. The molecule has 0 aliphatic rings. The average Bonchev–Trinajstić information content (AvgIpc) is 3.03. The van der Waals surface area contributed by atoms with Crippen LogP contribution in [0.5, 0.6) is 0 Å². The number of benzene rings is 5. The minimum Gasteiger partial charge on any atom is -0.341 e. The zero-order valence-corrected chi connectivity index (χ0v) is 22.0. The van der Waals surface area contributed by atoms with Crippen LogP contribution in [0.15, 0.2) is 140 Å². The van der Waals surface area contributed by atoms with Crippen molar-refractivity contribution in [2.75, 3.05) is 0 Å². The van der Waals surface area contributed by atoms with Gasteiger partial charge in [-0.2, -0.15) is 0 Å². The molecule has 5 aromatic carbocycles. The van der Waals surface area contributed by atoms with Crippen molar-refractivity contribution in [1.29, 1.82) is 0 Å². The first kappa shape index (κ1) is 27.0.